The molecule has 0 radical (unpaired) electrons. The van der Waals surface area contributed by atoms with Gasteiger partial charge in [-0.1, -0.05) is 5.16 Å². The van der Waals surface area contributed by atoms with Crippen LogP contribution in [0.4, 0.5) is 0 Å². The molecule has 0 atom stereocenters. The van der Waals surface area contributed by atoms with Gasteiger partial charge in [0.1, 0.15) is 5.75 Å². The van der Waals surface area contributed by atoms with Crippen molar-refractivity contribution in [3.8, 4) is 28.6 Å². The Kier molecular flexibility index (Phi) is 5.19. The molecule has 1 amide bonds. The van der Waals surface area contributed by atoms with E-state index in [1.54, 1.807) is 25.3 Å². The van der Waals surface area contributed by atoms with E-state index in [2.05, 4.69) is 10.1 Å². The summed E-state index contributed by atoms with van der Waals surface area (Å²) in [5, 5.41) is 4.11. The average Bonchev–Trinajstić information content (AvgIpc) is 3.48. The van der Waals surface area contributed by atoms with Crippen molar-refractivity contribution in [1.82, 2.24) is 15.0 Å². The van der Waals surface area contributed by atoms with Crippen LogP contribution >= 0.6 is 0 Å². The predicted molar refractivity (Wildman–Crippen MR) is 111 cm³/mol. The summed E-state index contributed by atoms with van der Waals surface area (Å²) in [6, 6.07) is 12.9. The molecule has 1 fully saturated rings. The second-order valence-corrected chi connectivity index (χ2v) is 7.75. The minimum absolute atomic E-state index is 0.0244. The van der Waals surface area contributed by atoms with E-state index in [-0.39, 0.29) is 12.7 Å². The monoisotopic (exact) mass is 421 g/mol. The second-order valence-electron chi connectivity index (χ2n) is 7.75. The van der Waals surface area contributed by atoms with Gasteiger partial charge in [-0.25, -0.2) is 0 Å². The van der Waals surface area contributed by atoms with Gasteiger partial charge in [0.05, 0.1) is 7.11 Å². The molecule has 3 aromatic rings. The molecule has 2 aliphatic rings. The minimum atomic E-state index is 0.0244. The molecule has 2 aromatic carbocycles. The van der Waals surface area contributed by atoms with Gasteiger partial charge in [0, 0.05) is 30.6 Å². The first-order valence-electron chi connectivity index (χ1n) is 10.4. The van der Waals surface area contributed by atoms with Crippen LogP contribution in [0.15, 0.2) is 47.0 Å². The molecular formula is C23H23N3O5. The van der Waals surface area contributed by atoms with E-state index in [0.717, 1.165) is 30.6 Å². The van der Waals surface area contributed by atoms with Gasteiger partial charge in [-0.3, -0.25) is 4.79 Å². The summed E-state index contributed by atoms with van der Waals surface area (Å²) in [4.78, 5) is 19.3. The Labute approximate surface area is 179 Å². The third-order valence-corrected chi connectivity index (χ3v) is 5.80. The topological polar surface area (TPSA) is 86.9 Å². The maximum Gasteiger partial charge on any atom is 0.253 e. The Morgan fingerprint density at radius 1 is 1.10 bits per heavy atom. The number of fused-ring (bicyclic) bond motifs is 1. The van der Waals surface area contributed by atoms with Gasteiger partial charge >= 0.3 is 0 Å². The number of aromatic nitrogens is 2. The lowest BCUT2D eigenvalue weighted by atomic mass is 9.93. The number of hydrogen-bond acceptors (Lipinski definition) is 7. The first-order chi connectivity index (χ1) is 15.2. The van der Waals surface area contributed by atoms with E-state index in [1.807, 2.05) is 29.2 Å². The molecular weight excluding hydrogens is 398 g/mol. The van der Waals surface area contributed by atoms with Gasteiger partial charge in [0.15, 0.2) is 11.5 Å². The fourth-order valence-corrected chi connectivity index (χ4v) is 3.99. The number of methoxy groups -OCH3 is 1. The van der Waals surface area contributed by atoms with Gasteiger partial charge in [-0.15, -0.1) is 0 Å². The van der Waals surface area contributed by atoms with Crippen molar-refractivity contribution >= 4 is 5.91 Å². The molecule has 0 aliphatic carbocycles. The van der Waals surface area contributed by atoms with Crippen molar-refractivity contribution in [3.05, 3.63) is 53.9 Å². The highest BCUT2D eigenvalue weighted by atomic mass is 16.7. The summed E-state index contributed by atoms with van der Waals surface area (Å²) in [7, 11) is 1.63. The van der Waals surface area contributed by atoms with E-state index >= 15 is 0 Å². The SMILES string of the molecule is COc1ccc(-c2noc(CC3CCN(C(=O)c4ccc5c(c4)OCO5)CC3)n2)cc1. The number of likely N-dealkylation sites (tertiary alicyclic amines) is 1. The Balaban J connectivity index is 1.17. The number of rotatable bonds is 5. The van der Waals surface area contributed by atoms with E-state index in [0.29, 0.717) is 47.8 Å². The van der Waals surface area contributed by atoms with Crippen molar-refractivity contribution in [1.29, 1.82) is 0 Å². The Morgan fingerprint density at radius 3 is 2.65 bits per heavy atom. The number of piperidine rings is 1. The van der Waals surface area contributed by atoms with E-state index in [9.17, 15) is 4.79 Å². The highest BCUT2D eigenvalue weighted by Gasteiger charge is 2.26. The normalized spacial score (nSPS) is 15.8. The zero-order valence-corrected chi connectivity index (χ0v) is 17.2. The summed E-state index contributed by atoms with van der Waals surface area (Å²) < 4.78 is 21.3. The number of benzene rings is 2. The smallest absolute Gasteiger partial charge is 0.253 e. The van der Waals surface area contributed by atoms with Crippen molar-refractivity contribution in [2.45, 2.75) is 19.3 Å². The first-order valence-corrected chi connectivity index (χ1v) is 10.4. The third-order valence-electron chi connectivity index (χ3n) is 5.80. The highest BCUT2D eigenvalue weighted by Crippen LogP contribution is 2.33. The van der Waals surface area contributed by atoms with E-state index in [1.165, 1.54) is 0 Å². The van der Waals surface area contributed by atoms with Crippen LogP contribution in [0, 0.1) is 5.92 Å². The van der Waals surface area contributed by atoms with Gasteiger partial charge in [-0.2, -0.15) is 4.98 Å². The fourth-order valence-electron chi connectivity index (χ4n) is 3.99. The van der Waals surface area contributed by atoms with Gasteiger partial charge in [0.2, 0.25) is 18.5 Å². The summed E-state index contributed by atoms with van der Waals surface area (Å²) in [5.41, 5.74) is 1.52. The number of ether oxygens (including phenoxy) is 3. The maximum atomic E-state index is 12.9. The summed E-state index contributed by atoms with van der Waals surface area (Å²) in [6.45, 7) is 1.61. The Bertz CT molecular complexity index is 1070. The van der Waals surface area contributed by atoms with Crippen LogP contribution in [0.1, 0.15) is 29.1 Å². The summed E-state index contributed by atoms with van der Waals surface area (Å²) >= 11 is 0. The lowest BCUT2D eigenvalue weighted by Gasteiger charge is -2.31. The molecule has 0 bridgehead atoms. The van der Waals surface area contributed by atoms with Crippen LogP contribution in [0.2, 0.25) is 0 Å². The lowest BCUT2D eigenvalue weighted by Crippen LogP contribution is -2.38. The molecule has 2 aliphatic heterocycles. The first kappa shape index (κ1) is 19.4. The molecule has 5 rings (SSSR count). The number of carbonyl (C=O) groups excluding carboxylic acids is 1. The third kappa shape index (κ3) is 4.05. The summed E-state index contributed by atoms with van der Waals surface area (Å²) in [5.74, 6) is 3.74. The summed E-state index contributed by atoms with van der Waals surface area (Å²) in [6.07, 6.45) is 2.52. The molecule has 0 spiro atoms. The zero-order chi connectivity index (χ0) is 21.2. The number of amides is 1. The van der Waals surface area contributed by atoms with Crippen LogP contribution in [-0.4, -0.2) is 47.9 Å². The van der Waals surface area contributed by atoms with Crippen molar-refractivity contribution in [3.63, 3.8) is 0 Å². The van der Waals surface area contributed by atoms with Gasteiger partial charge < -0.3 is 23.6 Å². The van der Waals surface area contributed by atoms with E-state index < -0.39 is 0 Å². The van der Waals surface area contributed by atoms with Crippen molar-refractivity contribution in [2.75, 3.05) is 27.0 Å². The van der Waals surface area contributed by atoms with Crippen molar-refractivity contribution in [2.24, 2.45) is 5.92 Å². The average molecular weight is 421 g/mol. The molecule has 3 heterocycles. The predicted octanol–water partition coefficient (Wildman–Crippen LogP) is 3.57. The van der Waals surface area contributed by atoms with Gasteiger partial charge in [0.25, 0.3) is 5.91 Å². The molecule has 1 aromatic heterocycles. The Morgan fingerprint density at radius 2 is 1.87 bits per heavy atom. The molecule has 8 nitrogen and oxygen atoms in total. The number of carbonyl (C=O) groups is 1. The zero-order valence-electron chi connectivity index (χ0n) is 17.2. The molecule has 31 heavy (non-hydrogen) atoms. The minimum Gasteiger partial charge on any atom is -0.497 e. The molecule has 0 N–H and O–H groups in total. The van der Waals surface area contributed by atoms with Gasteiger partial charge in [-0.05, 0) is 61.2 Å². The van der Waals surface area contributed by atoms with Crippen molar-refractivity contribution < 1.29 is 23.5 Å². The van der Waals surface area contributed by atoms with E-state index in [4.69, 9.17) is 18.7 Å². The van der Waals surface area contributed by atoms with Crippen LogP contribution in [0.5, 0.6) is 17.2 Å². The Hall–Kier alpha value is -3.55. The molecule has 1 saturated heterocycles. The quantitative estimate of drug-likeness (QED) is 0.622. The molecule has 8 heteroatoms. The highest BCUT2D eigenvalue weighted by molar-refractivity contribution is 5.95. The number of nitrogens with zero attached hydrogens (tertiary/aromatic N) is 3. The molecule has 0 unspecified atom stereocenters. The number of hydrogen-bond donors (Lipinski definition) is 0. The standard InChI is InChI=1S/C23H23N3O5/c1-28-18-5-2-16(3-6-18)22-24-21(31-25-22)12-15-8-10-26(11-9-15)23(27)17-4-7-19-20(13-17)30-14-29-19/h2-7,13,15H,8-12,14H2,1H3. The lowest BCUT2D eigenvalue weighted by molar-refractivity contribution is 0.0687. The molecule has 0 saturated carbocycles. The fraction of sp³-hybridized carbons (Fsp3) is 0.348. The van der Waals surface area contributed by atoms with Crippen LogP contribution in [0.25, 0.3) is 11.4 Å². The second kappa shape index (κ2) is 8.29. The van der Waals surface area contributed by atoms with Crippen LogP contribution in [-0.2, 0) is 6.42 Å². The largest absolute Gasteiger partial charge is 0.497 e. The van der Waals surface area contributed by atoms with Crippen LogP contribution in [0.3, 0.4) is 0 Å². The maximum absolute atomic E-state index is 12.9. The van der Waals surface area contributed by atoms with Crippen LogP contribution < -0.4 is 14.2 Å². The molecule has 160 valence electrons.